The Bertz CT molecular complexity index is 4770. The third-order valence-electron chi connectivity index (χ3n) is 15.9. The van der Waals surface area contributed by atoms with Crippen LogP contribution >= 0.6 is 0 Å². The van der Waals surface area contributed by atoms with Crippen LogP contribution in [0.15, 0.2) is 218 Å². The van der Waals surface area contributed by atoms with Gasteiger partial charge in [-0.15, -0.1) is 0 Å². The van der Waals surface area contributed by atoms with E-state index in [-0.39, 0.29) is 45.5 Å². The molecule has 2 aliphatic heterocycles. The van der Waals surface area contributed by atoms with Crippen molar-refractivity contribution in [3.05, 3.63) is 282 Å². The molecule has 13 rings (SSSR count). The topological polar surface area (TPSA) is 394 Å². The van der Waals surface area contributed by atoms with Crippen LogP contribution in [0.1, 0.15) is 22.8 Å². The molecule has 10 N–H and O–H groups in total. The fourth-order valence-corrected chi connectivity index (χ4v) is 11.4. The van der Waals surface area contributed by atoms with Crippen LogP contribution in [0, 0.1) is 40.5 Å². The van der Waals surface area contributed by atoms with Crippen molar-refractivity contribution in [1.82, 2.24) is 19.9 Å². The first-order valence-corrected chi connectivity index (χ1v) is 30.3. The van der Waals surface area contributed by atoms with Gasteiger partial charge in [-0.05, 0) is 121 Å². The molecule has 0 aliphatic carbocycles. The molecule has 8 amide bonds. The molecular formula is C72H50N16O12. The third kappa shape index (κ3) is 13.8. The maximum atomic E-state index is 14.1. The molecule has 490 valence electrons. The number of rotatable bonds is 16. The van der Waals surface area contributed by atoms with Gasteiger partial charge in [0.2, 0.25) is 0 Å². The maximum Gasteiger partial charge on any atom is 0.323 e. The molecule has 0 saturated carbocycles. The number of amides is 8. The molecule has 8 aromatic carbocycles. The highest BCUT2D eigenvalue weighted by Crippen LogP contribution is 2.43. The van der Waals surface area contributed by atoms with E-state index in [0.717, 1.165) is 0 Å². The number of benzene rings is 8. The van der Waals surface area contributed by atoms with Gasteiger partial charge in [0, 0.05) is 138 Å². The zero-order valence-electron chi connectivity index (χ0n) is 51.7. The molecule has 2 aliphatic rings. The van der Waals surface area contributed by atoms with Crippen LogP contribution in [0.2, 0.25) is 0 Å². The molecule has 0 saturated heterocycles. The Hall–Kier alpha value is -15.0. The number of carbonyl (C=O) groups is 4. The van der Waals surface area contributed by atoms with Crippen LogP contribution in [-0.2, 0) is 0 Å². The summed E-state index contributed by atoms with van der Waals surface area (Å²) in [5, 5.41) is 68.8. The summed E-state index contributed by atoms with van der Waals surface area (Å²) < 4.78 is 0. The average molecular weight is 1330 g/mol. The lowest BCUT2D eigenvalue weighted by molar-refractivity contribution is -0.385. The largest absolute Gasteiger partial charge is 0.354 e. The SMILES string of the molecule is O=C(Nc1ccc([N+](=O)[O-])cc1)Nc1ccccc1-c1c2nc(c(-c3ccccc3NC(=O)Nc3ccc([N+](=O)[O-])cc3)c3ccc([nH]3)c(-c3ccccc3NC(=O)Nc3ccc([N+](=O)[O-])cc3)c3nc(c(-c4ccccc4NC(=O)Nc4ccc([N+](=O)[O-])cc4)c4ccc1[nH]4)C=C3)C=C2. The number of urea groups is 4. The molecule has 0 radical (unpaired) electrons. The number of nitrogens with zero attached hydrogens (tertiary/aromatic N) is 6. The summed E-state index contributed by atoms with van der Waals surface area (Å²) in [5.41, 5.74) is 8.55. The van der Waals surface area contributed by atoms with Crippen molar-refractivity contribution in [2.75, 3.05) is 42.5 Å². The highest BCUT2D eigenvalue weighted by Gasteiger charge is 2.25. The summed E-state index contributed by atoms with van der Waals surface area (Å²) in [4.78, 5) is 118. The number of fused-ring (bicyclic) bond motifs is 8. The van der Waals surface area contributed by atoms with Gasteiger partial charge in [-0.2, -0.15) is 0 Å². The van der Waals surface area contributed by atoms with Gasteiger partial charge in [0.25, 0.3) is 22.7 Å². The first kappa shape index (κ1) is 63.8. The number of nitro benzene ring substituents is 4. The number of hydrogen-bond acceptors (Lipinski definition) is 14. The van der Waals surface area contributed by atoms with E-state index >= 15 is 0 Å². The first-order chi connectivity index (χ1) is 48.5. The lowest BCUT2D eigenvalue weighted by atomic mass is 10.0. The number of para-hydroxylation sites is 4. The Kier molecular flexibility index (Phi) is 17.6. The smallest absolute Gasteiger partial charge is 0.323 e. The second-order valence-electron chi connectivity index (χ2n) is 22.2. The van der Waals surface area contributed by atoms with Gasteiger partial charge in [0.1, 0.15) is 0 Å². The van der Waals surface area contributed by atoms with Gasteiger partial charge in [0.05, 0.1) is 65.2 Å². The van der Waals surface area contributed by atoms with Crippen LogP contribution in [0.25, 0.3) is 90.9 Å². The number of non-ortho nitro benzene ring substituents is 4. The van der Waals surface area contributed by atoms with Crippen molar-refractivity contribution in [3.63, 3.8) is 0 Å². The lowest BCUT2D eigenvalue weighted by Gasteiger charge is -2.15. The van der Waals surface area contributed by atoms with Crippen LogP contribution in [0.5, 0.6) is 0 Å². The molecule has 28 nitrogen and oxygen atoms in total. The van der Waals surface area contributed by atoms with Gasteiger partial charge in [-0.1, -0.05) is 72.8 Å². The van der Waals surface area contributed by atoms with Crippen LogP contribution in [0.4, 0.5) is 87.4 Å². The molecule has 11 aromatic rings. The Balaban J connectivity index is 1.04. The highest BCUT2D eigenvalue weighted by atomic mass is 16.6. The minimum atomic E-state index is -0.686. The van der Waals surface area contributed by atoms with Crippen molar-refractivity contribution < 1.29 is 38.9 Å². The van der Waals surface area contributed by atoms with Crippen molar-refractivity contribution in [3.8, 4) is 44.5 Å². The van der Waals surface area contributed by atoms with E-state index in [1.165, 1.54) is 97.1 Å². The quantitative estimate of drug-likeness (QED) is 0.0318. The number of nitro groups is 4. The molecule has 0 unspecified atom stereocenters. The second kappa shape index (κ2) is 27.5. The Labute approximate surface area is 563 Å². The van der Waals surface area contributed by atoms with Crippen LogP contribution in [0.3, 0.4) is 0 Å². The van der Waals surface area contributed by atoms with Gasteiger partial charge in [-0.25, -0.2) is 29.1 Å². The third-order valence-corrected chi connectivity index (χ3v) is 15.9. The van der Waals surface area contributed by atoms with Crippen molar-refractivity contribution in [2.45, 2.75) is 0 Å². The average Bonchev–Trinajstić information content (AvgIpc) is 1.60. The zero-order chi connectivity index (χ0) is 69.6. The Morgan fingerprint density at radius 2 is 0.470 bits per heavy atom. The number of carbonyl (C=O) groups excluding carboxylic acids is 4. The number of nitrogens with one attached hydrogen (secondary N) is 10. The standard InChI is InChI=1S/C72H50N16O12/c89-69(73-41-17-25-45(26-18-41)85(93)94)81-53-13-5-1-9-49(53)65-57-33-35-59(77-57)66(50-10-2-6-14-54(50)82-70(90)74-42-19-27-46(28-20-42)86(95)96)61-37-39-63(79-61)68(52-12-4-8-16-56(52)84-72(92)76-44-23-31-48(32-24-44)88(99)100)64-40-38-62(80-64)67(60-36-34-58(65)78-60)51-11-3-7-15-55(51)83-71(91)75-43-21-29-47(30-22-43)87(97)98/h1-40,77,80H,(H2,73,81,89)(H2,74,82,90)(H2,75,83,91)(H2,76,84,92). The van der Waals surface area contributed by atoms with Gasteiger partial charge >= 0.3 is 24.1 Å². The summed E-state index contributed by atoms with van der Waals surface area (Å²) >= 11 is 0. The maximum absolute atomic E-state index is 14.1. The lowest BCUT2D eigenvalue weighted by Crippen LogP contribution is -2.19. The van der Waals surface area contributed by atoms with E-state index in [2.05, 4.69) is 52.5 Å². The minimum absolute atomic E-state index is 0.174. The number of aromatic nitrogens is 4. The number of hydrogen-bond donors (Lipinski definition) is 10. The molecule has 3 aromatic heterocycles. The van der Waals surface area contributed by atoms with Crippen LogP contribution in [-0.4, -0.2) is 63.8 Å². The summed E-state index contributed by atoms with van der Waals surface area (Å²) in [6, 6.07) is 53.8. The number of H-pyrrole nitrogens is 2. The summed E-state index contributed by atoms with van der Waals surface area (Å²) in [7, 11) is 0. The Morgan fingerprint density at radius 3 is 0.670 bits per heavy atom. The second-order valence-corrected chi connectivity index (χ2v) is 22.2. The van der Waals surface area contributed by atoms with Crippen LogP contribution < -0.4 is 42.5 Å². The summed E-state index contributed by atoms with van der Waals surface area (Å²) in [6.07, 6.45) is 7.16. The molecule has 28 heteroatoms. The monoisotopic (exact) mass is 1330 g/mol. The summed E-state index contributed by atoms with van der Waals surface area (Å²) in [5.74, 6) is 0. The molecule has 0 fully saturated rings. The molecule has 0 spiro atoms. The first-order valence-electron chi connectivity index (χ1n) is 30.3. The van der Waals surface area contributed by atoms with Crippen molar-refractivity contribution >= 4 is 139 Å². The van der Waals surface area contributed by atoms with Crippen molar-refractivity contribution in [2.24, 2.45) is 0 Å². The van der Waals surface area contributed by atoms with E-state index < -0.39 is 43.8 Å². The molecule has 8 bridgehead atoms. The normalized spacial score (nSPS) is 11.2. The highest BCUT2D eigenvalue weighted by molar-refractivity contribution is 6.10. The predicted molar refractivity (Wildman–Crippen MR) is 384 cm³/mol. The van der Waals surface area contributed by atoms with E-state index in [0.29, 0.717) is 112 Å². The molecule has 5 heterocycles. The zero-order valence-corrected chi connectivity index (χ0v) is 51.7. The Morgan fingerprint density at radius 1 is 0.270 bits per heavy atom. The fraction of sp³-hybridized carbons (Fsp3) is 0. The van der Waals surface area contributed by atoms with E-state index in [1.807, 2.05) is 24.3 Å². The number of anilines is 8. The van der Waals surface area contributed by atoms with Gasteiger partial charge in [0.15, 0.2) is 0 Å². The molecule has 100 heavy (non-hydrogen) atoms. The predicted octanol–water partition coefficient (Wildman–Crippen LogP) is 17.5. The molecule has 0 atom stereocenters. The minimum Gasteiger partial charge on any atom is -0.354 e. The van der Waals surface area contributed by atoms with E-state index in [9.17, 15) is 59.6 Å². The van der Waals surface area contributed by atoms with Gasteiger partial charge in [-0.3, -0.25) is 40.5 Å². The van der Waals surface area contributed by atoms with Gasteiger partial charge < -0.3 is 52.5 Å². The molecular weight excluding hydrogens is 1280 g/mol. The summed E-state index contributed by atoms with van der Waals surface area (Å²) in [6.45, 7) is 0. The van der Waals surface area contributed by atoms with E-state index in [1.54, 1.807) is 121 Å². The van der Waals surface area contributed by atoms with Crippen molar-refractivity contribution in [1.29, 1.82) is 0 Å². The number of aromatic amines is 2. The van der Waals surface area contributed by atoms with E-state index in [4.69, 9.17) is 9.97 Å². The fourth-order valence-electron chi connectivity index (χ4n) is 11.4.